The summed E-state index contributed by atoms with van der Waals surface area (Å²) in [5, 5.41) is 8.12. The van der Waals surface area contributed by atoms with Crippen LogP contribution in [0, 0.1) is 0 Å². The van der Waals surface area contributed by atoms with Crippen LogP contribution >= 0.6 is 23.2 Å². The molecule has 3 rings (SSSR count). The van der Waals surface area contributed by atoms with Gasteiger partial charge in [0.25, 0.3) is 5.56 Å². The Morgan fingerprint density at radius 1 is 1.33 bits per heavy atom. The molecule has 2 N–H and O–H groups in total. The molecule has 24 heavy (non-hydrogen) atoms. The van der Waals surface area contributed by atoms with Gasteiger partial charge in [-0.05, 0) is 17.7 Å². The van der Waals surface area contributed by atoms with Crippen LogP contribution in [0.4, 0.5) is 5.95 Å². The molecule has 0 aliphatic carbocycles. The van der Waals surface area contributed by atoms with Crippen molar-refractivity contribution in [3.05, 3.63) is 49.9 Å². The second-order valence-electron chi connectivity index (χ2n) is 5.15. The van der Waals surface area contributed by atoms with Crippen LogP contribution in [0.2, 0.25) is 10.0 Å². The Balaban J connectivity index is 1.92. The molecule has 0 saturated carbocycles. The van der Waals surface area contributed by atoms with Crippen LogP contribution in [0.3, 0.4) is 0 Å². The summed E-state index contributed by atoms with van der Waals surface area (Å²) in [6.07, 6.45) is 0.827. The van der Waals surface area contributed by atoms with Gasteiger partial charge in [0.15, 0.2) is 5.52 Å². The minimum atomic E-state index is -0.330. The van der Waals surface area contributed by atoms with Crippen LogP contribution in [-0.2, 0) is 24.8 Å². The van der Waals surface area contributed by atoms with Gasteiger partial charge in [-0.25, -0.2) is 4.98 Å². The summed E-state index contributed by atoms with van der Waals surface area (Å²) < 4.78 is 1.42. The zero-order valence-corrected chi connectivity index (χ0v) is 14.1. The number of H-pyrrole nitrogens is 1. The molecule has 0 aliphatic heterocycles. The van der Waals surface area contributed by atoms with Gasteiger partial charge >= 0.3 is 0 Å². The molecule has 0 aliphatic rings. The minimum absolute atomic E-state index is 0.0972. The zero-order chi connectivity index (χ0) is 17.3. The highest BCUT2D eigenvalue weighted by Crippen LogP contribution is 2.23. The molecule has 9 heteroatoms. The van der Waals surface area contributed by atoms with E-state index in [1.807, 2.05) is 6.07 Å². The van der Waals surface area contributed by atoms with Crippen LogP contribution in [0.1, 0.15) is 11.3 Å². The van der Waals surface area contributed by atoms with Crippen LogP contribution in [-0.4, -0.2) is 26.0 Å². The van der Waals surface area contributed by atoms with Crippen molar-refractivity contribution < 1.29 is 4.79 Å². The summed E-state index contributed by atoms with van der Waals surface area (Å²) in [6, 6.07) is 5.25. The molecule has 0 radical (unpaired) electrons. The van der Waals surface area contributed by atoms with Gasteiger partial charge in [-0.3, -0.25) is 14.5 Å². The highest BCUT2D eigenvalue weighted by Gasteiger charge is 2.14. The number of carbonyl (C=O) groups is 1. The molecule has 1 aromatic carbocycles. The number of nitrogens with zero attached hydrogens (tertiary/aromatic N) is 3. The number of nitrogens with one attached hydrogen (secondary N) is 2. The summed E-state index contributed by atoms with van der Waals surface area (Å²) in [6.45, 7) is 0.397. The highest BCUT2D eigenvalue weighted by atomic mass is 35.5. The van der Waals surface area contributed by atoms with Crippen LogP contribution in [0.25, 0.3) is 11.0 Å². The third-order valence-electron chi connectivity index (χ3n) is 3.48. The van der Waals surface area contributed by atoms with E-state index in [-0.39, 0.29) is 12.0 Å². The number of aryl methyl sites for hydroxylation is 1. The Labute approximate surface area is 146 Å². The second kappa shape index (κ2) is 6.62. The maximum atomic E-state index is 12.2. The van der Waals surface area contributed by atoms with Gasteiger partial charge in [0.05, 0.1) is 15.7 Å². The number of aromatic nitrogens is 4. The summed E-state index contributed by atoms with van der Waals surface area (Å²) in [5.41, 5.74) is 1.75. The standard InChI is InChI=1S/C15H13Cl2N5O2/c1-22-13-12(11(21-22)4-5-23)19-15(20-14(13)24)18-7-8-2-3-9(16)10(17)6-8/h2-3,5-6H,4,7H2,1H3,(H2,18,19,20,24). The molecule has 2 aromatic heterocycles. The first-order chi connectivity index (χ1) is 11.5. The largest absolute Gasteiger partial charge is 0.352 e. The molecular formula is C15H13Cl2N5O2. The van der Waals surface area contributed by atoms with Crippen molar-refractivity contribution >= 4 is 46.5 Å². The number of hydrogen-bond donors (Lipinski definition) is 2. The number of carbonyl (C=O) groups excluding carboxylic acids is 1. The number of rotatable bonds is 5. The van der Waals surface area contributed by atoms with Gasteiger partial charge in [-0.1, -0.05) is 29.3 Å². The van der Waals surface area contributed by atoms with Gasteiger partial charge < -0.3 is 10.1 Å². The predicted octanol–water partition coefficient (Wildman–Crippen LogP) is 2.32. The smallest absolute Gasteiger partial charge is 0.278 e. The first-order valence-corrected chi connectivity index (χ1v) is 7.82. The summed E-state index contributed by atoms with van der Waals surface area (Å²) in [4.78, 5) is 30.0. The van der Waals surface area contributed by atoms with E-state index in [1.54, 1.807) is 19.2 Å². The van der Waals surface area contributed by atoms with E-state index >= 15 is 0 Å². The van der Waals surface area contributed by atoms with Crippen LogP contribution in [0.15, 0.2) is 23.0 Å². The Bertz CT molecular complexity index is 980. The lowest BCUT2D eigenvalue weighted by atomic mass is 10.2. The topological polar surface area (TPSA) is 92.7 Å². The van der Waals surface area contributed by atoms with E-state index in [4.69, 9.17) is 23.2 Å². The Morgan fingerprint density at radius 2 is 2.12 bits per heavy atom. The first-order valence-electron chi connectivity index (χ1n) is 7.07. The lowest BCUT2D eigenvalue weighted by molar-refractivity contribution is -0.107. The molecule has 0 saturated heterocycles. The number of fused-ring (bicyclic) bond motifs is 1. The molecule has 0 bridgehead atoms. The van der Waals surface area contributed by atoms with Gasteiger partial charge in [-0.15, -0.1) is 0 Å². The van der Waals surface area contributed by atoms with E-state index in [0.29, 0.717) is 39.3 Å². The molecule has 7 nitrogen and oxygen atoms in total. The number of halogens is 2. The fourth-order valence-corrected chi connectivity index (χ4v) is 2.70. The third kappa shape index (κ3) is 3.13. The number of aldehydes is 1. The summed E-state index contributed by atoms with van der Waals surface area (Å²) >= 11 is 11.9. The lowest BCUT2D eigenvalue weighted by Gasteiger charge is -2.07. The van der Waals surface area contributed by atoms with E-state index in [9.17, 15) is 9.59 Å². The van der Waals surface area contributed by atoms with Crippen LogP contribution in [0.5, 0.6) is 0 Å². The quantitative estimate of drug-likeness (QED) is 0.676. The Kier molecular flexibility index (Phi) is 4.55. The summed E-state index contributed by atoms with van der Waals surface area (Å²) in [5.74, 6) is 0.290. The van der Waals surface area contributed by atoms with Gasteiger partial charge in [0.2, 0.25) is 5.95 Å². The number of aromatic amines is 1. The van der Waals surface area contributed by atoms with Crippen molar-refractivity contribution in [2.45, 2.75) is 13.0 Å². The molecular weight excluding hydrogens is 353 g/mol. The Hall–Kier alpha value is -2.38. The average molecular weight is 366 g/mol. The van der Waals surface area contributed by atoms with Crippen molar-refractivity contribution in [2.75, 3.05) is 5.32 Å². The fourth-order valence-electron chi connectivity index (χ4n) is 2.38. The summed E-state index contributed by atoms with van der Waals surface area (Å²) in [7, 11) is 1.64. The fraction of sp³-hybridized carbons (Fsp3) is 0.200. The van der Waals surface area contributed by atoms with Gasteiger partial charge in [-0.2, -0.15) is 5.10 Å². The zero-order valence-electron chi connectivity index (χ0n) is 12.6. The van der Waals surface area contributed by atoms with Crippen molar-refractivity contribution in [3.8, 4) is 0 Å². The first kappa shape index (κ1) is 16.5. The molecule has 0 fully saturated rings. The van der Waals surface area contributed by atoms with E-state index < -0.39 is 0 Å². The van der Waals surface area contributed by atoms with E-state index in [2.05, 4.69) is 20.4 Å². The van der Waals surface area contributed by atoms with Crippen molar-refractivity contribution in [3.63, 3.8) is 0 Å². The molecule has 0 amide bonds. The molecule has 124 valence electrons. The van der Waals surface area contributed by atoms with Crippen molar-refractivity contribution in [1.82, 2.24) is 19.7 Å². The molecule has 2 heterocycles. The monoisotopic (exact) mass is 365 g/mol. The van der Waals surface area contributed by atoms with Gasteiger partial charge in [0.1, 0.15) is 11.8 Å². The van der Waals surface area contributed by atoms with E-state index in [1.165, 1.54) is 4.68 Å². The Morgan fingerprint density at radius 3 is 2.83 bits per heavy atom. The molecule has 3 aromatic rings. The normalized spacial score (nSPS) is 11.0. The maximum Gasteiger partial charge on any atom is 0.278 e. The minimum Gasteiger partial charge on any atom is -0.352 e. The maximum absolute atomic E-state index is 12.2. The van der Waals surface area contributed by atoms with Gasteiger partial charge in [0, 0.05) is 20.0 Å². The van der Waals surface area contributed by atoms with Crippen molar-refractivity contribution in [2.24, 2.45) is 7.05 Å². The van der Waals surface area contributed by atoms with E-state index in [0.717, 1.165) is 11.8 Å². The van der Waals surface area contributed by atoms with Crippen LogP contribution < -0.4 is 10.9 Å². The van der Waals surface area contributed by atoms with Crippen molar-refractivity contribution in [1.29, 1.82) is 0 Å². The predicted molar refractivity (Wildman–Crippen MR) is 92.7 cm³/mol. The average Bonchev–Trinajstić information content (AvgIpc) is 2.85. The number of hydrogen-bond acceptors (Lipinski definition) is 5. The molecule has 0 unspecified atom stereocenters. The molecule has 0 spiro atoms. The number of benzene rings is 1. The highest BCUT2D eigenvalue weighted by molar-refractivity contribution is 6.42. The molecule has 0 atom stereocenters. The third-order valence-corrected chi connectivity index (χ3v) is 4.22. The lowest BCUT2D eigenvalue weighted by Crippen LogP contribution is -2.15. The SMILES string of the molecule is Cn1nc(CC=O)c2nc(NCc3ccc(Cl)c(Cl)c3)[nH]c(=O)c21. The number of anilines is 1. The second-order valence-corrected chi connectivity index (χ2v) is 5.97.